The summed E-state index contributed by atoms with van der Waals surface area (Å²) in [5, 5.41) is 3.02. The number of aromatic nitrogens is 3. The van der Waals surface area contributed by atoms with Crippen LogP contribution in [0.4, 0.5) is 5.69 Å². The summed E-state index contributed by atoms with van der Waals surface area (Å²) in [6.45, 7) is 3.26. The van der Waals surface area contributed by atoms with E-state index in [1.807, 2.05) is 12.1 Å². The van der Waals surface area contributed by atoms with Gasteiger partial charge in [-0.3, -0.25) is 4.79 Å². The summed E-state index contributed by atoms with van der Waals surface area (Å²) >= 11 is 6.49. The van der Waals surface area contributed by atoms with Crippen molar-refractivity contribution in [2.45, 2.75) is 12.8 Å². The number of halogens is 1. The van der Waals surface area contributed by atoms with E-state index in [9.17, 15) is 9.70 Å². The van der Waals surface area contributed by atoms with Crippen LogP contribution in [0.2, 0.25) is 5.02 Å². The Labute approximate surface area is 182 Å². The van der Waals surface area contributed by atoms with Gasteiger partial charge in [0.05, 0.1) is 34.9 Å². The fraction of sp³-hybridized carbons (Fsp3) is 0.381. The zero-order valence-electron chi connectivity index (χ0n) is 16.6. The summed E-state index contributed by atoms with van der Waals surface area (Å²) in [5.41, 5.74) is 2.91. The standard InChI is InChI=1S/C21H20ClN5O4/c22-15-11-16-18(25-20(23-16)31-12-21(5-6-21)19(28)26-29)24-17(15)13-1-3-14(4-2-13)27-7-9-30-10-8-27/h1-4,11H,5-10,12H2,(H,23,24,25). The van der Waals surface area contributed by atoms with Gasteiger partial charge in [-0.15, -0.1) is 4.91 Å². The molecule has 1 N–H and O–H groups in total. The number of anilines is 1. The lowest BCUT2D eigenvalue weighted by molar-refractivity contribution is -0.124. The van der Waals surface area contributed by atoms with Gasteiger partial charge in [-0.05, 0) is 31.0 Å². The van der Waals surface area contributed by atoms with Crippen LogP contribution in [-0.2, 0) is 9.53 Å². The van der Waals surface area contributed by atoms with Gasteiger partial charge in [0.2, 0.25) is 0 Å². The first kappa shape index (κ1) is 19.9. The number of nitrogens with zero attached hydrogens (tertiary/aromatic N) is 4. The molecule has 5 rings (SSSR count). The summed E-state index contributed by atoms with van der Waals surface area (Å²) in [7, 11) is 0. The second-order valence-electron chi connectivity index (χ2n) is 7.84. The molecule has 3 heterocycles. The van der Waals surface area contributed by atoms with Crippen LogP contribution in [0.1, 0.15) is 12.8 Å². The van der Waals surface area contributed by atoms with E-state index in [4.69, 9.17) is 21.1 Å². The number of nitroso groups, excluding NO2 is 1. The molecule has 0 radical (unpaired) electrons. The molecule has 2 fully saturated rings. The molecular weight excluding hydrogens is 422 g/mol. The molecular formula is C21H20ClN5O4. The first-order chi connectivity index (χ1) is 15.1. The Balaban J connectivity index is 1.35. The molecule has 0 unspecified atom stereocenters. The number of amides is 1. The number of carbonyl (C=O) groups excluding carboxylic acids is 1. The second kappa shape index (κ2) is 7.90. The van der Waals surface area contributed by atoms with Gasteiger partial charge in [0.25, 0.3) is 11.9 Å². The highest BCUT2D eigenvalue weighted by Crippen LogP contribution is 2.47. The maximum atomic E-state index is 11.6. The Morgan fingerprint density at radius 3 is 2.65 bits per heavy atom. The molecule has 1 aromatic carbocycles. The number of benzene rings is 1. The van der Waals surface area contributed by atoms with Gasteiger partial charge in [0.15, 0.2) is 5.65 Å². The number of carbonyl (C=O) groups is 1. The monoisotopic (exact) mass is 441 g/mol. The molecule has 160 valence electrons. The molecule has 10 heteroatoms. The summed E-state index contributed by atoms with van der Waals surface area (Å²) in [6, 6.07) is 10.1. The van der Waals surface area contributed by atoms with Gasteiger partial charge in [0.1, 0.15) is 6.61 Å². The quantitative estimate of drug-likeness (QED) is 0.582. The van der Waals surface area contributed by atoms with Crippen molar-refractivity contribution in [2.75, 3.05) is 37.8 Å². The first-order valence-electron chi connectivity index (χ1n) is 10.1. The molecule has 1 aliphatic heterocycles. The van der Waals surface area contributed by atoms with E-state index in [0.717, 1.165) is 37.6 Å². The number of pyridine rings is 1. The van der Waals surface area contributed by atoms with Crippen molar-refractivity contribution in [1.29, 1.82) is 0 Å². The van der Waals surface area contributed by atoms with Gasteiger partial charge in [-0.25, -0.2) is 4.98 Å². The zero-order chi connectivity index (χ0) is 21.4. The molecule has 0 spiro atoms. The van der Waals surface area contributed by atoms with E-state index < -0.39 is 11.3 Å². The number of hydrogen-bond donors (Lipinski definition) is 1. The molecule has 31 heavy (non-hydrogen) atoms. The normalized spacial score (nSPS) is 17.5. The van der Waals surface area contributed by atoms with Crippen LogP contribution in [-0.4, -0.2) is 53.8 Å². The number of nitrogens with one attached hydrogen (secondary N) is 1. The highest BCUT2D eigenvalue weighted by atomic mass is 35.5. The number of imidazole rings is 1. The molecule has 2 aliphatic rings. The molecule has 1 saturated carbocycles. The van der Waals surface area contributed by atoms with Crippen LogP contribution in [0.5, 0.6) is 6.01 Å². The van der Waals surface area contributed by atoms with Gasteiger partial charge in [-0.1, -0.05) is 23.7 Å². The average molecular weight is 442 g/mol. The third-order valence-corrected chi connectivity index (χ3v) is 6.09. The lowest BCUT2D eigenvalue weighted by Crippen LogP contribution is -2.36. The van der Waals surface area contributed by atoms with Crippen molar-refractivity contribution in [1.82, 2.24) is 15.0 Å². The zero-order valence-corrected chi connectivity index (χ0v) is 17.4. The maximum Gasteiger partial charge on any atom is 0.296 e. The number of H-pyrrole nitrogens is 1. The third-order valence-electron chi connectivity index (χ3n) is 5.80. The Hall–Kier alpha value is -3.04. The van der Waals surface area contributed by atoms with Gasteiger partial charge < -0.3 is 19.4 Å². The van der Waals surface area contributed by atoms with Crippen LogP contribution in [0.25, 0.3) is 22.4 Å². The molecule has 0 atom stereocenters. The fourth-order valence-electron chi connectivity index (χ4n) is 3.69. The summed E-state index contributed by atoms with van der Waals surface area (Å²) in [5.74, 6) is -0.674. The fourth-order valence-corrected chi connectivity index (χ4v) is 3.95. The Morgan fingerprint density at radius 1 is 1.23 bits per heavy atom. The lowest BCUT2D eigenvalue weighted by Gasteiger charge is -2.28. The molecule has 9 nitrogen and oxygen atoms in total. The van der Waals surface area contributed by atoms with Crippen molar-refractivity contribution < 1.29 is 14.3 Å². The SMILES string of the molecule is O=NC(=O)C1(COc2nc3nc(-c4ccc(N5CCOCC5)cc4)c(Cl)cc3[nH]2)CC1. The molecule has 1 amide bonds. The Morgan fingerprint density at radius 2 is 1.97 bits per heavy atom. The van der Waals surface area contributed by atoms with Gasteiger partial charge in [-0.2, -0.15) is 4.98 Å². The van der Waals surface area contributed by atoms with E-state index in [2.05, 4.69) is 37.2 Å². The molecule has 0 bridgehead atoms. The van der Waals surface area contributed by atoms with Crippen molar-refractivity contribution in [3.05, 3.63) is 40.3 Å². The Kier molecular flexibility index (Phi) is 5.07. The van der Waals surface area contributed by atoms with E-state index in [0.29, 0.717) is 34.7 Å². The number of rotatable bonds is 6. The highest BCUT2D eigenvalue weighted by molar-refractivity contribution is 6.33. The number of ether oxygens (including phenoxy) is 2. The van der Waals surface area contributed by atoms with Crippen LogP contribution >= 0.6 is 11.6 Å². The van der Waals surface area contributed by atoms with Crippen molar-refractivity contribution >= 4 is 34.4 Å². The van der Waals surface area contributed by atoms with Crippen LogP contribution < -0.4 is 9.64 Å². The number of fused-ring (bicyclic) bond motifs is 1. The number of morpholine rings is 1. The van der Waals surface area contributed by atoms with Crippen LogP contribution in [0.15, 0.2) is 35.5 Å². The van der Waals surface area contributed by atoms with Crippen LogP contribution in [0, 0.1) is 10.3 Å². The maximum absolute atomic E-state index is 11.6. The smallest absolute Gasteiger partial charge is 0.296 e. The molecule has 1 aliphatic carbocycles. The van der Waals surface area contributed by atoms with E-state index in [1.165, 1.54) is 0 Å². The number of hydrogen-bond acceptors (Lipinski definition) is 7. The van der Waals surface area contributed by atoms with Crippen molar-refractivity contribution in [2.24, 2.45) is 10.6 Å². The lowest BCUT2D eigenvalue weighted by atomic mass is 10.1. The molecule has 3 aromatic rings. The Bertz CT molecular complexity index is 1140. The van der Waals surface area contributed by atoms with Crippen molar-refractivity contribution in [3.8, 4) is 17.3 Å². The molecule has 1 saturated heterocycles. The van der Waals surface area contributed by atoms with E-state index in [1.54, 1.807) is 6.07 Å². The predicted octanol–water partition coefficient (Wildman–Crippen LogP) is 3.57. The average Bonchev–Trinajstić information content (AvgIpc) is 3.50. The summed E-state index contributed by atoms with van der Waals surface area (Å²) < 4.78 is 11.0. The second-order valence-corrected chi connectivity index (χ2v) is 8.25. The number of aromatic amines is 1. The minimum absolute atomic E-state index is 0.0565. The molecule has 2 aromatic heterocycles. The van der Waals surface area contributed by atoms with Gasteiger partial charge >= 0.3 is 0 Å². The predicted molar refractivity (Wildman–Crippen MR) is 115 cm³/mol. The topological polar surface area (TPSA) is 110 Å². The van der Waals surface area contributed by atoms with E-state index in [-0.39, 0.29) is 12.6 Å². The van der Waals surface area contributed by atoms with Gasteiger partial charge in [0, 0.05) is 29.5 Å². The minimum atomic E-state index is -0.806. The summed E-state index contributed by atoms with van der Waals surface area (Å²) in [6.07, 6.45) is 1.18. The van der Waals surface area contributed by atoms with Crippen molar-refractivity contribution in [3.63, 3.8) is 0 Å². The van der Waals surface area contributed by atoms with Crippen LogP contribution in [0.3, 0.4) is 0 Å². The minimum Gasteiger partial charge on any atom is -0.464 e. The highest BCUT2D eigenvalue weighted by Gasteiger charge is 2.52. The third kappa shape index (κ3) is 3.86. The summed E-state index contributed by atoms with van der Waals surface area (Å²) in [4.78, 5) is 36.4. The largest absolute Gasteiger partial charge is 0.464 e. The van der Waals surface area contributed by atoms with E-state index >= 15 is 0 Å². The first-order valence-corrected chi connectivity index (χ1v) is 10.5.